The summed E-state index contributed by atoms with van der Waals surface area (Å²) in [4.78, 5) is 15.0. The van der Waals surface area contributed by atoms with Crippen LogP contribution in [0.5, 0.6) is 0 Å². The third kappa shape index (κ3) is 2.21. The van der Waals surface area contributed by atoms with Gasteiger partial charge in [-0.1, -0.05) is 6.07 Å². The Morgan fingerprint density at radius 3 is 2.67 bits per heavy atom. The van der Waals surface area contributed by atoms with Gasteiger partial charge in [-0.15, -0.1) is 0 Å². The highest BCUT2D eigenvalue weighted by molar-refractivity contribution is 5.90. The second-order valence-corrected chi connectivity index (χ2v) is 4.07. The number of aliphatic hydroxyl groups excluding tert-OH is 3. The second-order valence-electron chi connectivity index (χ2n) is 4.07. The van der Waals surface area contributed by atoms with E-state index in [-0.39, 0.29) is 11.4 Å². The van der Waals surface area contributed by atoms with E-state index in [2.05, 4.69) is 4.98 Å². The summed E-state index contributed by atoms with van der Waals surface area (Å²) in [6, 6.07) is 4.54. The largest absolute Gasteiger partial charge is 0.394 e. The van der Waals surface area contributed by atoms with E-state index < -0.39 is 36.9 Å². The van der Waals surface area contributed by atoms with E-state index >= 15 is 0 Å². The van der Waals surface area contributed by atoms with Crippen LogP contribution in [0, 0.1) is 0 Å². The fourth-order valence-electron chi connectivity index (χ4n) is 1.89. The number of primary amides is 1. The lowest BCUT2D eigenvalue weighted by Crippen LogP contribution is -2.32. The number of carbonyl (C=O) groups is 1. The fraction of sp³-hybridized carbons (Fsp3) is 0.455. The van der Waals surface area contributed by atoms with Crippen molar-refractivity contribution in [1.29, 1.82) is 0 Å². The Morgan fingerprint density at radius 2 is 2.11 bits per heavy atom. The maximum atomic E-state index is 11.0. The molecule has 98 valence electrons. The van der Waals surface area contributed by atoms with E-state index in [0.717, 1.165) is 0 Å². The first-order valence-corrected chi connectivity index (χ1v) is 5.43. The number of nitrogens with zero attached hydrogens (tertiary/aromatic N) is 1. The normalized spacial score (nSPS) is 31.5. The SMILES string of the molecule is NC(=O)c1cccc([C@@H]2O[C@H](CO)C(O)[C@@H]2O)n1. The van der Waals surface area contributed by atoms with Gasteiger partial charge in [-0.05, 0) is 12.1 Å². The molecule has 4 atom stereocenters. The van der Waals surface area contributed by atoms with Gasteiger partial charge in [0.15, 0.2) is 0 Å². The average Bonchev–Trinajstić information content (AvgIpc) is 2.66. The first-order chi connectivity index (χ1) is 8.54. The number of pyridine rings is 1. The zero-order chi connectivity index (χ0) is 13.3. The van der Waals surface area contributed by atoms with Crippen LogP contribution in [0.15, 0.2) is 18.2 Å². The molecule has 2 heterocycles. The summed E-state index contributed by atoms with van der Waals surface area (Å²) in [5.74, 6) is -0.691. The zero-order valence-corrected chi connectivity index (χ0v) is 9.43. The monoisotopic (exact) mass is 254 g/mol. The minimum Gasteiger partial charge on any atom is -0.394 e. The van der Waals surface area contributed by atoms with Crippen molar-refractivity contribution < 1.29 is 24.9 Å². The van der Waals surface area contributed by atoms with Gasteiger partial charge in [0.25, 0.3) is 5.91 Å². The summed E-state index contributed by atoms with van der Waals surface area (Å²) in [6.07, 6.45) is -4.17. The van der Waals surface area contributed by atoms with E-state index in [1.54, 1.807) is 12.1 Å². The summed E-state index contributed by atoms with van der Waals surface area (Å²) in [7, 11) is 0. The molecule has 7 heteroatoms. The van der Waals surface area contributed by atoms with Crippen LogP contribution in [0.25, 0.3) is 0 Å². The summed E-state index contributed by atoms with van der Waals surface area (Å²) in [5.41, 5.74) is 5.44. The highest BCUT2D eigenvalue weighted by Gasteiger charge is 2.43. The average molecular weight is 254 g/mol. The van der Waals surface area contributed by atoms with Crippen molar-refractivity contribution in [3.05, 3.63) is 29.6 Å². The van der Waals surface area contributed by atoms with Gasteiger partial charge in [0.1, 0.15) is 30.1 Å². The molecule has 1 unspecified atom stereocenters. The van der Waals surface area contributed by atoms with Gasteiger partial charge in [-0.2, -0.15) is 0 Å². The third-order valence-corrected chi connectivity index (χ3v) is 2.86. The quantitative estimate of drug-likeness (QED) is 0.511. The molecule has 1 aromatic rings. The molecule has 0 spiro atoms. The van der Waals surface area contributed by atoms with Gasteiger partial charge < -0.3 is 25.8 Å². The van der Waals surface area contributed by atoms with Crippen LogP contribution < -0.4 is 5.73 Å². The first kappa shape index (κ1) is 12.9. The number of hydrogen-bond donors (Lipinski definition) is 4. The lowest BCUT2D eigenvalue weighted by molar-refractivity contribution is -0.0239. The number of ether oxygens (including phenoxy) is 1. The molecule has 7 nitrogen and oxygen atoms in total. The summed E-state index contributed by atoms with van der Waals surface area (Å²) < 4.78 is 5.29. The van der Waals surface area contributed by atoms with E-state index in [1.807, 2.05) is 0 Å². The maximum Gasteiger partial charge on any atom is 0.267 e. The molecule has 0 bridgehead atoms. The number of carbonyl (C=O) groups excluding carboxylic acids is 1. The third-order valence-electron chi connectivity index (χ3n) is 2.86. The Kier molecular flexibility index (Phi) is 3.58. The summed E-state index contributed by atoms with van der Waals surface area (Å²) in [6.45, 7) is -0.412. The molecule has 18 heavy (non-hydrogen) atoms. The molecule has 0 aliphatic carbocycles. The van der Waals surface area contributed by atoms with Crippen LogP contribution in [0.4, 0.5) is 0 Å². The van der Waals surface area contributed by atoms with Gasteiger partial charge >= 0.3 is 0 Å². The van der Waals surface area contributed by atoms with Gasteiger partial charge in [0.2, 0.25) is 0 Å². The van der Waals surface area contributed by atoms with Crippen LogP contribution in [-0.2, 0) is 4.74 Å². The minimum absolute atomic E-state index is 0.0465. The Balaban J connectivity index is 2.27. The van der Waals surface area contributed by atoms with E-state index in [4.69, 9.17) is 15.6 Å². The Hall–Kier alpha value is -1.54. The molecule has 1 aliphatic heterocycles. The molecule has 1 fully saturated rings. The summed E-state index contributed by atoms with van der Waals surface area (Å²) in [5, 5.41) is 28.4. The minimum atomic E-state index is -1.21. The van der Waals surface area contributed by atoms with Crippen molar-refractivity contribution >= 4 is 5.91 Å². The van der Waals surface area contributed by atoms with Gasteiger partial charge in [0.05, 0.1) is 12.3 Å². The molecule has 0 aromatic carbocycles. The van der Waals surface area contributed by atoms with Crippen molar-refractivity contribution in [3.63, 3.8) is 0 Å². The lowest BCUT2D eigenvalue weighted by Gasteiger charge is -2.14. The van der Waals surface area contributed by atoms with Crippen molar-refractivity contribution in [2.24, 2.45) is 5.73 Å². The topological polar surface area (TPSA) is 126 Å². The van der Waals surface area contributed by atoms with Crippen molar-refractivity contribution in [2.45, 2.75) is 24.4 Å². The van der Waals surface area contributed by atoms with Crippen LogP contribution in [-0.4, -0.2) is 51.1 Å². The van der Waals surface area contributed by atoms with Crippen LogP contribution in [0.3, 0.4) is 0 Å². The molecule has 1 aliphatic rings. The van der Waals surface area contributed by atoms with Crippen molar-refractivity contribution in [1.82, 2.24) is 4.98 Å². The number of hydrogen-bond acceptors (Lipinski definition) is 6. The number of aromatic nitrogens is 1. The fourth-order valence-corrected chi connectivity index (χ4v) is 1.89. The first-order valence-electron chi connectivity index (χ1n) is 5.43. The predicted octanol–water partition coefficient (Wildman–Crippen LogP) is -1.67. The van der Waals surface area contributed by atoms with Gasteiger partial charge in [-0.25, -0.2) is 4.98 Å². The van der Waals surface area contributed by atoms with Crippen LogP contribution in [0.2, 0.25) is 0 Å². The molecular formula is C11H14N2O5. The van der Waals surface area contributed by atoms with Crippen LogP contribution >= 0.6 is 0 Å². The highest BCUT2D eigenvalue weighted by atomic mass is 16.6. The van der Waals surface area contributed by atoms with Crippen molar-refractivity contribution in [2.75, 3.05) is 6.61 Å². The predicted molar refractivity (Wildman–Crippen MR) is 59.5 cm³/mol. The Labute approximate surface area is 103 Å². The molecule has 1 amide bonds. The highest BCUT2D eigenvalue weighted by Crippen LogP contribution is 2.32. The van der Waals surface area contributed by atoms with Gasteiger partial charge in [-0.3, -0.25) is 4.79 Å². The summed E-state index contributed by atoms with van der Waals surface area (Å²) >= 11 is 0. The number of amides is 1. The molecule has 0 saturated carbocycles. The standard InChI is InChI=1S/C11H14N2O5/c12-11(17)6-3-1-2-5(13-6)10-9(16)8(15)7(4-14)18-10/h1-3,7-10,14-16H,4H2,(H2,12,17)/t7-,8?,9+,10+/m1/s1. The zero-order valence-electron chi connectivity index (χ0n) is 9.43. The molecule has 1 saturated heterocycles. The number of rotatable bonds is 3. The van der Waals surface area contributed by atoms with E-state index in [0.29, 0.717) is 0 Å². The Morgan fingerprint density at radius 1 is 1.39 bits per heavy atom. The molecule has 2 rings (SSSR count). The van der Waals surface area contributed by atoms with E-state index in [9.17, 15) is 15.0 Å². The van der Waals surface area contributed by atoms with Crippen LogP contribution in [0.1, 0.15) is 22.3 Å². The van der Waals surface area contributed by atoms with Crippen molar-refractivity contribution in [3.8, 4) is 0 Å². The van der Waals surface area contributed by atoms with E-state index in [1.165, 1.54) is 6.07 Å². The molecule has 5 N–H and O–H groups in total. The molecule has 0 radical (unpaired) electrons. The molecule has 1 aromatic heterocycles. The Bertz CT molecular complexity index is 453. The number of nitrogens with two attached hydrogens (primary N) is 1. The molecular weight excluding hydrogens is 240 g/mol. The lowest BCUT2D eigenvalue weighted by atomic mass is 10.1. The number of aliphatic hydroxyl groups is 3. The second kappa shape index (κ2) is 4.99. The van der Waals surface area contributed by atoms with Gasteiger partial charge in [0, 0.05) is 0 Å². The maximum absolute atomic E-state index is 11.0. The smallest absolute Gasteiger partial charge is 0.267 e.